The third kappa shape index (κ3) is 14.6. The fourth-order valence-electron chi connectivity index (χ4n) is 8.27. The highest BCUT2D eigenvalue weighted by atomic mass is 16.8. The van der Waals surface area contributed by atoms with Crippen LogP contribution in [0.3, 0.4) is 0 Å². The Labute approximate surface area is 384 Å². The smallest absolute Gasteiger partial charge is 0.364 e. The van der Waals surface area contributed by atoms with E-state index in [2.05, 4.69) is 15.4 Å². The molecule has 4 heterocycles. The summed E-state index contributed by atoms with van der Waals surface area (Å²) in [4.78, 5) is 49.3. The zero-order chi connectivity index (χ0) is 49.7. The molecule has 0 spiro atoms. The second-order valence-electron chi connectivity index (χ2n) is 16.9. The van der Waals surface area contributed by atoms with E-state index in [4.69, 9.17) is 37.9 Å². The second kappa shape index (κ2) is 26.4. The van der Waals surface area contributed by atoms with Gasteiger partial charge in [-0.1, -0.05) is 25.7 Å². The maximum atomic E-state index is 13.1. The standard InChI is InChI=1S/C40H68N2O25/c1-17(46)41-25-19(48)12-40(39(57)58,66-33(25)28(53)20(49)13-43)67-35-29(54)22(14-44)62-38(31(35)56)65-34-26(42-18(2)47)36(60-11-9-7-5-4-6-8-10-24(51)59-3)63-23(15-45)32(34)64-37-30(55)27(52)21(50)16-61-37/h19-23,25-38,43-45,48-50,52-56H,4-16H2,1-3H3,(H,41,46)(H,42,47)(H,57,58)/t19?,20?,21-,22?,23?,25-,26?,27?,28?,29+,30?,31?,32?,33?,34-,35?,36?,37+,38?,40+/m1/s1. The van der Waals surface area contributed by atoms with E-state index < -0.39 is 173 Å². The average Bonchev–Trinajstić information content (AvgIpc) is 3.29. The first-order valence-electron chi connectivity index (χ1n) is 22.1. The van der Waals surface area contributed by atoms with Crippen LogP contribution in [0.5, 0.6) is 0 Å². The molecule has 4 aliphatic heterocycles. The van der Waals surface area contributed by atoms with Gasteiger partial charge in [-0.3, -0.25) is 14.4 Å². The van der Waals surface area contributed by atoms with Crippen molar-refractivity contribution in [2.45, 2.75) is 187 Å². The Morgan fingerprint density at radius 2 is 1.30 bits per heavy atom. The fourth-order valence-corrected chi connectivity index (χ4v) is 8.27. The number of rotatable bonds is 24. The van der Waals surface area contributed by atoms with Gasteiger partial charge in [0.25, 0.3) is 5.79 Å². The van der Waals surface area contributed by atoms with Crippen molar-refractivity contribution < 1.29 is 123 Å². The molecule has 0 aliphatic carbocycles. The first-order chi connectivity index (χ1) is 31.7. The molecule has 4 saturated heterocycles. The Morgan fingerprint density at radius 1 is 0.701 bits per heavy atom. The summed E-state index contributed by atoms with van der Waals surface area (Å²) in [7, 11) is 1.31. The first kappa shape index (κ1) is 56.7. The fraction of sp³-hybridized carbons (Fsp3) is 0.900. The Balaban J connectivity index is 1.67. The minimum absolute atomic E-state index is 0.0159. The summed E-state index contributed by atoms with van der Waals surface area (Å²) in [6, 6.07) is -3.08. The lowest BCUT2D eigenvalue weighted by molar-refractivity contribution is -0.388. The molecule has 27 heteroatoms. The molecule has 14 unspecified atom stereocenters. The molecule has 4 aliphatic rings. The number of carboxylic acids is 1. The van der Waals surface area contributed by atoms with Gasteiger partial charge >= 0.3 is 11.9 Å². The van der Waals surface area contributed by atoms with Crippen LogP contribution in [0, 0.1) is 0 Å². The van der Waals surface area contributed by atoms with Crippen molar-refractivity contribution in [1.29, 1.82) is 0 Å². The number of unbranched alkanes of at least 4 members (excludes halogenated alkanes) is 5. The minimum atomic E-state index is -3.13. The lowest BCUT2D eigenvalue weighted by Crippen LogP contribution is -2.71. The van der Waals surface area contributed by atoms with Crippen LogP contribution in [0.25, 0.3) is 0 Å². The Morgan fingerprint density at radius 3 is 1.90 bits per heavy atom. The SMILES string of the molecule is COC(=O)CCCCCCCCOC1OC(CO)C(O[C@@H]2OC[C@@H](O)C(O)C2O)[C@H](OC2OC(CO)[C@H](O)C(O[C@]3(C(=O)O)CC(O)[C@@H](NC(C)=O)C(C(O)C(O)CO)O3)C2O)C1NC(C)=O. The lowest BCUT2D eigenvalue weighted by Gasteiger charge is -2.51. The zero-order valence-electron chi connectivity index (χ0n) is 37.3. The second-order valence-corrected chi connectivity index (χ2v) is 16.9. The number of nitrogens with one attached hydrogen (secondary N) is 2. The van der Waals surface area contributed by atoms with Gasteiger partial charge in [0.05, 0.1) is 45.7 Å². The quantitative estimate of drug-likeness (QED) is 0.0316. The number of hydrogen-bond donors (Lipinski definition) is 14. The highest BCUT2D eigenvalue weighted by Gasteiger charge is 2.60. The van der Waals surface area contributed by atoms with Crippen LogP contribution in [0.4, 0.5) is 0 Å². The molecule has 0 aromatic heterocycles. The molecular formula is C40H68N2O25. The van der Waals surface area contributed by atoms with Crippen molar-refractivity contribution in [3.05, 3.63) is 0 Å². The number of aliphatic hydroxyl groups excluding tert-OH is 11. The predicted molar refractivity (Wildman–Crippen MR) is 216 cm³/mol. The number of esters is 1. The van der Waals surface area contributed by atoms with Crippen LogP contribution in [0.1, 0.15) is 65.2 Å². The number of aliphatic hydroxyl groups is 11. The molecule has 20 atom stereocenters. The summed E-state index contributed by atoms with van der Waals surface area (Å²) in [6.07, 6.45) is -28.7. The van der Waals surface area contributed by atoms with E-state index in [-0.39, 0.29) is 12.6 Å². The van der Waals surface area contributed by atoms with Gasteiger partial charge in [-0.2, -0.15) is 0 Å². The monoisotopic (exact) mass is 976 g/mol. The zero-order valence-corrected chi connectivity index (χ0v) is 37.3. The Bertz CT molecular complexity index is 1570. The number of amides is 2. The molecule has 4 rings (SSSR count). The van der Waals surface area contributed by atoms with Crippen molar-refractivity contribution in [3.63, 3.8) is 0 Å². The van der Waals surface area contributed by atoms with Crippen LogP contribution in [0.2, 0.25) is 0 Å². The number of hydrogen-bond acceptors (Lipinski definition) is 24. The number of aliphatic carboxylic acids is 1. The van der Waals surface area contributed by atoms with Crippen LogP contribution in [0.15, 0.2) is 0 Å². The van der Waals surface area contributed by atoms with Gasteiger partial charge in [0, 0.05) is 33.3 Å². The van der Waals surface area contributed by atoms with E-state index in [1.165, 1.54) is 7.11 Å². The molecule has 27 nitrogen and oxygen atoms in total. The highest BCUT2D eigenvalue weighted by Crippen LogP contribution is 2.39. The van der Waals surface area contributed by atoms with E-state index in [1.807, 2.05) is 0 Å². The minimum Gasteiger partial charge on any atom is -0.477 e. The molecule has 0 saturated carbocycles. The summed E-state index contributed by atoms with van der Waals surface area (Å²) in [5.74, 6) is -6.93. The molecule has 0 aromatic carbocycles. The normalized spacial score (nSPS) is 38.9. The van der Waals surface area contributed by atoms with Gasteiger partial charge < -0.3 is 115 Å². The maximum absolute atomic E-state index is 13.1. The van der Waals surface area contributed by atoms with Crippen molar-refractivity contribution in [3.8, 4) is 0 Å². The van der Waals surface area contributed by atoms with Crippen LogP contribution in [-0.2, 0) is 61.8 Å². The van der Waals surface area contributed by atoms with Crippen LogP contribution < -0.4 is 10.6 Å². The van der Waals surface area contributed by atoms with Gasteiger partial charge in [-0.15, -0.1) is 0 Å². The summed E-state index contributed by atoms with van der Waals surface area (Å²) in [5.41, 5.74) is 0. The number of carbonyl (C=O) groups is 4. The molecule has 67 heavy (non-hydrogen) atoms. The largest absolute Gasteiger partial charge is 0.477 e. The van der Waals surface area contributed by atoms with Crippen molar-refractivity contribution in [1.82, 2.24) is 10.6 Å². The van der Waals surface area contributed by atoms with Crippen molar-refractivity contribution in [2.75, 3.05) is 40.1 Å². The Hall–Kier alpha value is -2.88. The molecule has 388 valence electrons. The third-order valence-electron chi connectivity index (χ3n) is 11.9. The average molecular weight is 977 g/mol. The maximum Gasteiger partial charge on any atom is 0.364 e. The predicted octanol–water partition coefficient (Wildman–Crippen LogP) is -6.69. The molecule has 14 N–H and O–H groups in total. The first-order valence-corrected chi connectivity index (χ1v) is 22.1. The number of carboxylic acid groups (broad SMARTS) is 1. The van der Waals surface area contributed by atoms with Gasteiger partial charge in [0.15, 0.2) is 18.9 Å². The molecule has 0 radical (unpaired) electrons. The number of carbonyl (C=O) groups excluding carboxylic acids is 3. The highest BCUT2D eigenvalue weighted by molar-refractivity contribution is 5.77. The summed E-state index contributed by atoms with van der Waals surface area (Å²) < 4.78 is 51.8. The third-order valence-corrected chi connectivity index (χ3v) is 11.9. The lowest BCUT2D eigenvalue weighted by atomic mass is 9.88. The van der Waals surface area contributed by atoms with E-state index in [0.29, 0.717) is 25.7 Å². The van der Waals surface area contributed by atoms with E-state index >= 15 is 0 Å². The van der Waals surface area contributed by atoms with Crippen LogP contribution in [-0.4, -0.2) is 247 Å². The van der Waals surface area contributed by atoms with E-state index in [0.717, 1.165) is 33.1 Å². The Kier molecular flexibility index (Phi) is 22.3. The number of ether oxygens (including phenoxy) is 9. The molecule has 0 bridgehead atoms. The van der Waals surface area contributed by atoms with Crippen molar-refractivity contribution in [2.24, 2.45) is 0 Å². The van der Waals surface area contributed by atoms with Gasteiger partial charge in [0.1, 0.15) is 85.4 Å². The molecule has 2 amide bonds. The summed E-state index contributed by atoms with van der Waals surface area (Å²) >= 11 is 0. The van der Waals surface area contributed by atoms with Crippen molar-refractivity contribution >= 4 is 23.8 Å². The number of methoxy groups -OCH3 is 1. The molecular weight excluding hydrogens is 908 g/mol. The summed E-state index contributed by atoms with van der Waals surface area (Å²) in [6.45, 7) is -1.39. The van der Waals surface area contributed by atoms with Gasteiger partial charge in [0.2, 0.25) is 11.8 Å². The van der Waals surface area contributed by atoms with E-state index in [1.54, 1.807) is 0 Å². The molecule has 4 fully saturated rings. The topological polar surface area (TPSA) is 418 Å². The van der Waals surface area contributed by atoms with E-state index in [9.17, 15) is 80.5 Å². The van der Waals surface area contributed by atoms with Crippen LogP contribution >= 0.6 is 0 Å². The summed E-state index contributed by atoms with van der Waals surface area (Å²) in [5, 5.41) is 133. The molecule has 0 aromatic rings. The van der Waals surface area contributed by atoms with Gasteiger partial charge in [-0.25, -0.2) is 4.79 Å². The van der Waals surface area contributed by atoms with Gasteiger partial charge in [-0.05, 0) is 12.8 Å².